The number of hydrogen-bond acceptors (Lipinski definition) is 6. The third-order valence-corrected chi connectivity index (χ3v) is 12.3. The Morgan fingerprint density at radius 1 is 0.303 bits per heavy atom. The van der Waals surface area contributed by atoms with Crippen LogP contribution in [0.2, 0.25) is 0 Å². The second-order valence-electron chi connectivity index (χ2n) is 18.9. The van der Waals surface area contributed by atoms with Crippen LogP contribution in [0.5, 0.6) is 0 Å². The molecule has 0 heterocycles. The molecule has 0 bridgehead atoms. The Labute approximate surface area is 409 Å². The fourth-order valence-electron chi connectivity index (χ4n) is 7.93. The molecule has 382 valence electrons. The van der Waals surface area contributed by atoms with Crippen LogP contribution in [0.25, 0.3) is 0 Å². The minimum atomic E-state index is -0.786. The van der Waals surface area contributed by atoms with Crippen LogP contribution < -0.4 is 0 Å². The van der Waals surface area contributed by atoms with Gasteiger partial charge in [0, 0.05) is 19.3 Å². The van der Waals surface area contributed by atoms with Crippen LogP contribution >= 0.6 is 0 Å². The average molecular weight is 924 g/mol. The van der Waals surface area contributed by atoms with Crippen LogP contribution in [-0.4, -0.2) is 37.2 Å². The first-order valence-electron chi connectivity index (χ1n) is 28.3. The Bertz CT molecular complexity index is 1200. The smallest absolute Gasteiger partial charge is 0.306 e. The number of unbranched alkanes of at least 4 members (excludes halogenated alkanes) is 32. The number of rotatable bonds is 51. The first kappa shape index (κ1) is 63.1. The van der Waals surface area contributed by atoms with Crippen LogP contribution in [0.1, 0.15) is 284 Å². The number of esters is 3. The molecule has 0 aliphatic carbocycles. The molecule has 0 rings (SSSR count). The first-order valence-corrected chi connectivity index (χ1v) is 28.3. The van der Waals surface area contributed by atoms with E-state index in [2.05, 4.69) is 81.5 Å². The standard InChI is InChI=1S/C60H106O6/c1-4-7-10-13-16-19-22-24-26-28-30-32-33-35-38-41-44-47-50-53-59(62)65-56-57(55-64-58(61)52-49-46-43-40-37-21-18-15-12-9-6-3)66-60(63)54-51-48-45-42-39-36-34-31-29-27-25-23-20-17-14-11-8-5-2/h15-16,18-19,22,24,27,29,31,34,57H,4-14,17,20-21,23,25-26,28,30,32-33,35-56H2,1-3H3/b18-15-,19-16-,24-22-,29-27-,34-31-. The van der Waals surface area contributed by atoms with Gasteiger partial charge in [0.25, 0.3) is 0 Å². The number of carbonyl (C=O) groups excluding carboxylic acids is 3. The van der Waals surface area contributed by atoms with E-state index in [1.807, 2.05) is 0 Å². The molecule has 0 aliphatic rings. The summed E-state index contributed by atoms with van der Waals surface area (Å²) < 4.78 is 16.8. The molecule has 0 aromatic carbocycles. The lowest BCUT2D eigenvalue weighted by Gasteiger charge is -2.18. The van der Waals surface area contributed by atoms with E-state index >= 15 is 0 Å². The average Bonchev–Trinajstić information content (AvgIpc) is 3.31. The quantitative estimate of drug-likeness (QED) is 0.0199. The molecule has 0 amide bonds. The van der Waals surface area contributed by atoms with Gasteiger partial charge in [-0.05, 0) is 89.9 Å². The fraction of sp³-hybridized carbons (Fsp3) is 0.783. The van der Waals surface area contributed by atoms with Crippen molar-refractivity contribution in [2.75, 3.05) is 13.2 Å². The minimum absolute atomic E-state index is 0.0843. The monoisotopic (exact) mass is 923 g/mol. The van der Waals surface area contributed by atoms with Gasteiger partial charge in [-0.25, -0.2) is 0 Å². The second-order valence-corrected chi connectivity index (χ2v) is 18.9. The van der Waals surface area contributed by atoms with Gasteiger partial charge in [0.1, 0.15) is 13.2 Å². The van der Waals surface area contributed by atoms with E-state index in [0.717, 1.165) is 83.5 Å². The van der Waals surface area contributed by atoms with Crippen molar-refractivity contribution in [3.63, 3.8) is 0 Å². The molecule has 1 atom stereocenters. The molecule has 6 heteroatoms. The maximum absolute atomic E-state index is 12.8. The van der Waals surface area contributed by atoms with Gasteiger partial charge >= 0.3 is 17.9 Å². The van der Waals surface area contributed by atoms with Gasteiger partial charge in [-0.3, -0.25) is 14.4 Å². The van der Waals surface area contributed by atoms with E-state index in [4.69, 9.17) is 14.2 Å². The Morgan fingerprint density at radius 2 is 0.561 bits per heavy atom. The minimum Gasteiger partial charge on any atom is -0.462 e. The molecule has 0 saturated carbocycles. The topological polar surface area (TPSA) is 78.9 Å². The van der Waals surface area contributed by atoms with Gasteiger partial charge in [0.05, 0.1) is 0 Å². The van der Waals surface area contributed by atoms with E-state index < -0.39 is 6.10 Å². The lowest BCUT2D eigenvalue weighted by Crippen LogP contribution is -2.30. The Morgan fingerprint density at radius 3 is 0.924 bits per heavy atom. The van der Waals surface area contributed by atoms with Crippen LogP contribution in [0.3, 0.4) is 0 Å². The van der Waals surface area contributed by atoms with Crippen molar-refractivity contribution in [3.8, 4) is 0 Å². The summed E-state index contributed by atoms with van der Waals surface area (Å²) in [7, 11) is 0. The summed E-state index contributed by atoms with van der Waals surface area (Å²) in [6.45, 7) is 6.56. The molecule has 0 fully saturated rings. The third-order valence-electron chi connectivity index (χ3n) is 12.3. The summed E-state index contributed by atoms with van der Waals surface area (Å²) in [5.41, 5.74) is 0. The highest BCUT2D eigenvalue weighted by molar-refractivity contribution is 5.71. The van der Waals surface area contributed by atoms with E-state index in [0.29, 0.717) is 19.3 Å². The molecule has 0 radical (unpaired) electrons. The molecule has 0 N–H and O–H groups in total. The number of hydrogen-bond donors (Lipinski definition) is 0. The Balaban J connectivity index is 4.36. The van der Waals surface area contributed by atoms with Gasteiger partial charge in [0.15, 0.2) is 6.10 Å². The van der Waals surface area contributed by atoms with E-state index in [1.165, 1.54) is 161 Å². The predicted molar refractivity (Wildman–Crippen MR) is 284 cm³/mol. The van der Waals surface area contributed by atoms with Crippen molar-refractivity contribution in [1.29, 1.82) is 0 Å². The summed E-state index contributed by atoms with van der Waals surface area (Å²) in [6.07, 6.45) is 67.8. The summed E-state index contributed by atoms with van der Waals surface area (Å²) in [5.74, 6) is -0.905. The van der Waals surface area contributed by atoms with Crippen molar-refractivity contribution in [2.45, 2.75) is 290 Å². The van der Waals surface area contributed by atoms with Crippen molar-refractivity contribution in [1.82, 2.24) is 0 Å². The summed E-state index contributed by atoms with van der Waals surface area (Å²) >= 11 is 0. The lowest BCUT2D eigenvalue weighted by atomic mass is 10.1. The maximum atomic E-state index is 12.8. The van der Waals surface area contributed by atoms with Crippen molar-refractivity contribution in [3.05, 3.63) is 60.8 Å². The largest absolute Gasteiger partial charge is 0.462 e. The molecule has 0 aliphatic heterocycles. The van der Waals surface area contributed by atoms with Gasteiger partial charge in [-0.2, -0.15) is 0 Å². The van der Waals surface area contributed by atoms with Crippen molar-refractivity contribution in [2.24, 2.45) is 0 Å². The molecule has 1 unspecified atom stereocenters. The van der Waals surface area contributed by atoms with Crippen molar-refractivity contribution >= 4 is 17.9 Å². The molecule has 0 saturated heterocycles. The fourth-order valence-corrected chi connectivity index (χ4v) is 7.93. The zero-order chi connectivity index (χ0) is 47.9. The van der Waals surface area contributed by atoms with Crippen molar-refractivity contribution < 1.29 is 28.6 Å². The van der Waals surface area contributed by atoms with Crippen LogP contribution in [0.15, 0.2) is 60.8 Å². The second kappa shape index (κ2) is 54.7. The SMILES string of the molecule is CCCC/C=C\CCCCCCCC(=O)OCC(COC(=O)CCCCCCCCCCCC/C=C\C=C/CCCCC)OC(=O)CCCCCCC/C=C\C=C/CCCCCCCCC. The normalized spacial score (nSPS) is 12.5. The van der Waals surface area contributed by atoms with E-state index in [9.17, 15) is 14.4 Å². The third kappa shape index (κ3) is 52.1. The number of carbonyl (C=O) groups is 3. The van der Waals surface area contributed by atoms with Gasteiger partial charge in [-0.15, -0.1) is 0 Å². The van der Waals surface area contributed by atoms with Crippen LogP contribution in [0.4, 0.5) is 0 Å². The molecule has 6 nitrogen and oxygen atoms in total. The number of allylic oxidation sites excluding steroid dienone is 10. The molecule has 0 aromatic rings. The zero-order valence-electron chi connectivity index (χ0n) is 43.7. The molecular weight excluding hydrogens is 817 g/mol. The number of ether oxygens (including phenoxy) is 3. The summed E-state index contributed by atoms with van der Waals surface area (Å²) in [6, 6.07) is 0. The van der Waals surface area contributed by atoms with E-state index in [1.54, 1.807) is 0 Å². The van der Waals surface area contributed by atoms with E-state index in [-0.39, 0.29) is 31.1 Å². The molecule has 0 spiro atoms. The zero-order valence-corrected chi connectivity index (χ0v) is 43.7. The lowest BCUT2D eigenvalue weighted by molar-refractivity contribution is -0.167. The van der Waals surface area contributed by atoms with Gasteiger partial charge in [0.2, 0.25) is 0 Å². The van der Waals surface area contributed by atoms with Crippen LogP contribution in [0, 0.1) is 0 Å². The van der Waals surface area contributed by atoms with Crippen LogP contribution in [-0.2, 0) is 28.6 Å². The highest BCUT2D eigenvalue weighted by Gasteiger charge is 2.19. The van der Waals surface area contributed by atoms with Gasteiger partial charge < -0.3 is 14.2 Å². The van der Waals surface area contributed by atoms with Gasteiger partial charge in [-0.1, -0.05) is 236 Å². The highest BCUT2D eigenvalue weighted by atomic mass is 16.6. The molecule has 66 heavy (non-hydrogen) atoms. The highest BCUT2D eigenvalue weighted by Crippen LogP contribution is 2.15. The summed E-state index contributed by atoms with van der Waals surface area (Å²) in [4.78, 5) is 38.1. The maximum Gasteiger partial charge on any atom is 0.306 e. The Hall–Kier alpha value is -2.89. The Kier molecular flexibility index (Phi) is 52.3. The first-order chi connectivity index (χ1) is 32.5. The summed E-state index contributed by atoms with van der Waals surface area (Å²) in [5, 5.41) is 0. The molecular formula is C60H106O6. The molecule has 0 aromatic heterocycles. The predicted octanol–water partition coefficient (Wildman–Crippen LogP) is 18.8.